The second-order valence-electron chi connectivity index (χ2n) is 7.16. The second kappa shape index (κ2) is 7.34. The van der Waals surface area contributed by atoms with E-state index in [0.717, 1.165) is 43.2 Å². The quantitative estimate of drug-likeness (QED) is 0.881. The van der Waals surface area contributed by atoms with Crippen LogP contribution < -0.4 is 5.32 Å². The van der Waals surface area contributed by atoms with Crippen molar-refractivity contribution < 1.29 is 4.79 Å². The van der Waals surface area contributed by atoms with Crippen LogP contribution in [0.4, 0.5) is 5.69 Å². The number of carbonyl (C=O) groups excluding carboxylic acids is 1. The van der Waals surface area contributed by atoms with Crippen molar-refractivity contribution in [2.45, 2.75) is 53.1 Å². The first-order valence-electron chi connectivity index (χ1n) is 9.08. The molecule has 0 atom stereocenters. The van der Waals surface area contributed by atoms with E-state index in [2.05, 4.69) is 41.6 Å². The van der Waals surface area contributed by atoms with Gasteiger partial charge in [0.25, 0.3) is 0 Å². The molecule has 5 nitrogen and oxygen atoms in total. The van der Waals surface area contributed by atoms with E-state index in [-0.39, 0.29) is 5.91 Å². The van der Waals surface area contributed by atoms with Crippen LogP contribution in [0.25, 0.3) is 11.0 Å². The molecule has 0 bridgehead atoms. The number of anilines is 1. The highest BCUT2D eigenvalue weighted by Crippen LogP contribution is 2.24. The van der Waals surface area contributed by atoms with Gasteiger partial charge in [-0.25, -0.2) is 4.98 Å². The number of unbranched alkanes of at least 4 members (excludes halogenated alkanes) is 1. The van der Waals surface area contributed by atoms with Gasteiger partial charge in [0.2, 0.25) is 5.91 Å². The van der Waals surface area contributed by atoms with Crippen LogP contribution in [0.15, 0.2) is 18.2 Å². The van der Waals surface area contributed by atoms with Crippen molar-refractivity contribution in [1.29, 1.82) is 0 Å². The Kier molecular flexibility index (Phi) is 5.19. The lowest BCUT2D eigenvalue weighted by molar-refractivity contribution is -0.116. The van der Waals surface area contributed by atoms with Crippen LogP contribution in [0.3, 0.4) is 0 Å². The van der Waals surface area contributed by atoms with Gasteiger partial charge in [-0.05, 0) is 37.1 Å². The van der Waals surface area contributed by atoms with Gasteiger partial charge < -0.3 is 9.88 Å². The summed E-state index contributed by atoms with van der Waals surface area (Å²) in [4.78, 5) is 19.2. The van der Waals surface area contributed by atoms with E-state index in [0.29, 0.717) is 12.3 Å². The molecule has 3 rings (SSSR count). The molecule has 130 valence electrons. The van der Waals surface area contributed by atoms with E-state index in [1.807, 2.05) is 12.1 Å². The molecule has 0 fully saturated rings. The molecule has 0 aliphatic carbocycles. The third-order valence-electron chi connectivity index (χ3n) is 4.54. The maximum absolute atomic E-state index is 12.0. The number of benzene rings is 1. The lowest BCUT2D eigenvalue weighted by atomic mass is 10.1. The summed E-state index contributed by atoms with van der Waals surface area (Å²) in [6.45, 7) is 10.5. The molecule has 1 aliphatic rings. The summed E-state index contributed by atoms with van der Waals surface area (Å²) in [5.74, 6) is 1.57. The molecule has 0 spiro atoms. The van der Waals surface area contributed by atoms with Gasteiger partial charge in [0.15, 0.2) is 0 Å². The molecule has 1 N–H and O–H groups in total. The molecule has 2 aromatic rings. The molecule has 1 aromatic heterocycles. The van der Waals surface area contributed by atoms with E-state index in [1.165, 1.54) is 18.4 Å². The lowest BCUT2D eigenvalue weighted by Gasteiger charge is -2.27. The predicted octanol–water partition coefficient (Wildman–Crippen LogP) is 3.64. The summed E-state index contributed by atoms with van der Waals surface area (Å²) in [5.41, 5.74) is 2.98. The summed E-state index contributed by atoms with van der Waals surface area (Å²) in [6.07, 6.45) is 3.02. The number of fused-ring (bicyclic) bond motifs is 3. The molecule has 0 unspecified atom stereocenters. The summed E-state index contributed by atoms with van der Waals surface area (Å²) in [7, 11) is 0. The topological polar surface area (TPSA) is 50.2 Å². The molecule has 0 saturated heterocycles. The standard InChI is InChI=1S/C19H28N4O/c1-4-5-8-22-9-10-23-17-7-6-15(20-19(24)11-14(2)3)12-16(17)21-18(23)13-22/h6-7,12,14H,4-5,8-11,13H2,1-3H3,(H,20,24). The van der Waals surface area contributed by atoms with E-state index in [4.69, 9.17) is 4.98 Å². The molecule has 0 radical (unpaired) electrons. The minimum Gasteiger partial charge on any atom is -0.326 e. The Morgan fingerprint density at radius 1 is 1.33 bits per heavy atom. The Hall–Kier alpha value is -1.88. The number of imidazole rings is 1. The SMILES string of the molecule is CCCCN1CCn2c(nc3cc(NC(=O)CC(C)C)ccc32)C1. The van der Waals surface area contributed by atoms with Crippen molar-refractivity contribution in [3.8, 4) is 0 Å². The Morgan fingerprint density at radius 3 is 2.92 bits per heavy atom. The Balaban J connectivity index is 1.76. The van der Waals surface area contributed by atoms with Gasteiger partial charge in [-0.1, -0.05) is 27.2 Å². The van der Waals surface area contributed by atoms with Crippen LogP contribution in [0, 0.1) is 5.92 Å². The Morgan fingerprint density at radius 2 is 2.17 bits per heavy atom. The number of hydrogen-bond donors (Lipinski definition) is 1. The van der Waals surface area contributed by atoms with Crippen molar-refractivity contribution in [1.82, 2.24) is 14.5 Å². The van der Waals surface area contributed by atoms with Gasteiger partial charge in [0.1, 0.15) is 5.82 Å². The monoisotopic (exact) mass is 328 g/mol. The molecule has 24 heavy (non-hydrogen) atoms. The minimum atomic E-state index is 0.0686. The molecule has 1 aliphatic heterocycles. The van der Waals surface area contributed by atoms with Crippen molar-refractivity contribution in [3.05, 3.63) is 24.0 Å². The maximum atomic E-state index is 12.0. The smallest absolute Gasteiger partial charge is 0.224 e. The van der Waals surface area contributed by atoms with Crippen LogP contribution in [0.2, 0.25) is 0 Å². The van der Waals surface area contributed by atoms with Gasteiger partial charge in [-0.15, -0.1) is 0 Å². The van der Waals surface area contributed by atoms with Gasteiger partial charge in [-0.2, -0.15) is 0 Å². The number of nitrogens with zero attached hydrogens (tertiary/aromatic N) is 3. The van der Waals surface area contributed by atoms with Crippen LogP contribution >= 0.6 is 0 Å². The molecule has 2 heterocycles. The lowest BCUT2D eigenvalue weighted by Crippen LogP contribution is -2.34. The van der Waals surface area contributed by atoms with Crippen LogP contribution in [0.5, 0.6) is 0 Å². The van der Waals surface area contributed by atoms with Gasteiger partial charge in [0.05, 0.1) is 17.6 Å². The highest BCUT2D eigenvalue weighted by atomic mass is 16.1. The molecular formula is C19H28N4O. The number of aromatic nitrogens is 2. The highest BCUT2D eigenvalue weighted by Gasteiger charge is 2.19. The number of carbonyl (C=O) groups is 1. The fraction of sp³-hybridized carbons (Fsp3) is 0.579. The van der Waals surface area contributed by atoms with Crippen molar-refractivity contribution in [2.75, 3.05) is 18.4 Å². The number of hydrogen-bond acceptors (Lipinski definition) is 3. The van der Waals surface area contributed by atoms with Gasteiger partial charge in [0, 0.05) is 25.2 Å². The summed E-state index contributed by atoms with van der Waals surface area (Å²) < 4.78 is 2.32. The third-order valence-corrected chi connectivity index (χ3v) is 4.54. The maximum Gasteiger partial charge on any atom is 0.224 e. The fourth-order valence-corrected chi connectivity index (χ4v) is 3.30. The largest absolute Gasteiger partial charge is 0.326 e. The van der Waals surface area contributed by atoms with Crippen molar-refractivity contribution in [2.24, 2.45) is 5.92 Å². The molecule has 0 saturated carbocycles. The van der Waals surface area contributed by atoms with Crippen LogP contribution in [-0.2, 0) is 17.9 Å². The first-order chi connectivity index (χ1) is 11.6. The molecule has 5 heteroatoms. The summed E-state index contributed by atoms with van der Waals surface area (Å²) >= 11 is 0. The highest BCUT2D eigenvalue weighted by molar-refractivity contribution is 5.93. The average molecular weight is 328 g/mol. The number of nitrogens with one attached hydrogen (secondary N) is 1. The average Bonchev–Trinajstić information content (AvgIpc) is 2.88. The first-order valence-corrected chi connectivity index (χ1v) is 9.08. The predicted molar refractivity (Wildman–Crippen MR) is 98.0 cm³/mol. The summed E-state index contributed by atoms with van der Waals surface area (Å²) in [6, 6.07) is 6.06. The Labute approximate surface area is 144 Å². The molecular weight excluding hydrogens is 300 g/mol. The van der Waals surface area contributed by atoms with Crippen LogP contribution in [-0.4, -0.2) is 33.4 Å². The zero-order valence-electron chi connectivity index (χ0n) is 15.0. The number of rotatable bonds is 6. The Bertz CT molecular complexity index is 719. The van der Waals surface area contributed by atoms with E-state index >= 15 is 0 Å². The van der Waals surface area contributed by atoms with Gasteiger partial charge >= 0.3 is 0 Å². The van der Waals surface area contributed by atoms with E-state index < -0.39 is 0 Å². The van der Waals surface area contributed by atoms with Crippen molar-refractivity contribution >= 4 is 22.6 Å². The van der Waals surface area contributed by atoms with Gasteiger partial charge in [-0.3, -0.25) is 9.69 Å². The third kappa shape index (κ3) is 3.78. The van der Waals surface area contributed by atoms with E-state index in [9.17, 15) is 4.79 Å². The van der Waals surface area contributed by atoms with E-state index in [1.54, 1.807) is 0 Å². The van der Waals surface area contributed by atoms with Crippen LogP contribution in [0.1, 0.15) is 45.9 Å². The summed E-state index contributed by atoms with van der Waals surface area (Å²) in [5, 5.41) is 2.98. The fourth-order valence-electron chi connectivity index (χ4n) is 3.30. The molecule has 1 aromatic carbocycles. The number of amides is 1. The normalized spacial score (nSPS) is 15.0. The minimum absolute atomic E-state index is 0.0686. The first kappa shape index (κ1) is 17.0. The zero-order chi connectivity index (χ0) is 17.1. The molecule has 1 amide bonds. The second-order valence-corrected chi connectivity index (χ2v) is 7.16. The van der Waals surface area contributed by atoms with Crippen molar-refractivity contribution in [3.63, 3.8) is 0 Å². The zero-order valence-corrected chi connectivity index (χ0v) is 15.0.